The van der Waals surface area contributed by atoms with Gasteiger partial charge in [-0.1, -0.05) is 64.7 Å². The van der Waals surface area contributed by atoms with E-state index in [1.165, 1.54) is 57.8 Å². The summed E-state index contributed by atoms with van der Waals surface area (Å²) in [5.41, 5.74) is 0. The molecule has 3 N–H and O–H groups in total. The Morgan fingerprint density at radius 2 is 1.79 bits per heavy atom. The molecule has 1 fully saturated rings. The Labute approximate surface area is 200 Å². The summed E-state index contributed by atoms with van der Waals surface area (Å²) in [5, 5.41) is 9.45. The van der Waals surface area contributed by atoms with Crippen molar-refractivity contribution in [1.82, 2.24) is 25.5 Å². The number of carbonyl (C=O) groups excluding carboxylic acids is 2. The summed E-state index contributed by atoms with van der Waals surface area (Å²) in [7, 11) is 1.94. The van der Waals surface area contributed by atoms with E-state index in [2.05, 4.69) is 27.9 Å². The van der Waals surface area contributed by atoms with Crippen LogP contribution in [0.2, 0.25) is 0 Å². The van der Waals surface area contributed by atoms with Gasteiger partial charge in [0.25, 0.3) is 0 Å². The van der Waals surface area contributed by atoms with E-state index < -0.39 is 0 Å². The monoisotopic (exact) mass is 461 g/mol. The third-order valence-electron chi connectivity index (χ3n) is 6.61. The van der Waals surface area contributed by atoms with Gasteiger partial charge in [0.05, 0.1) is 12.1 Å². The number of hydrogen-bond acceptors (Lipinski definition) is 4. The second-order valence-electron chi connectivity index (χ2n) is 9.53. The molecule has 2 heterocycles. The van der Waals surface area contributed by atoms with Gasteiger partial charge in [-0.2, -0.15) is 0 Å². The molecule has 188 valence electrons. The fourth-order valence-corrected chi connectivity index (χ4v) is 4.55. The highest BCUT2D eigenvalue weighted by Crippen LogP contribution is 2.19. The summed E-state index contributed by atoms with van der Waals surface area (Å²) >= 11 is 0. The average molecular weight is 462 g/mol. The first-order valence-electron chi connectivity index (χ1n) is 13.4. The van der Waals surface area contributed by atoms with E-state index in [1.54, 1.807) is 6.20 Å². The van der Waals surface area contributed by atoms with Gasteiger partial charge >= 0.3 is 0 Å². The Balaban J connectivity index is 1.56. The molecule has 1 saturated heterocycles. The maximum absolute atomic E-state index is 12.6. The number of carbonyl (C=O) groups is 2. The van der Waals surface area contributed by atoms with Crippen molar-refractivity contribution in [2.45, 2.75) is 115 Å². The van der Waals surface area contributed by atoms with Gasteiger partial charge in [-0.25, -0.2) is 4.98 Å². The first kappa shape index (κ1) is 27.4. The van der Waals surface area contributed by atoms with Gasteiger partial charge in [0.1, 0.15) is 5.82 Å². The summed E-state index contributed by atoms with van der Waals surface area (Å²) in [4.78, 5) is 29.3. The highest BCUT2D eigenvalue weighted by atomic mass is 16.2. The van der Waals surface area contributed by atoms with Crippen LogP contribution in [0.25, 0.3) is 0 Å². The van der Waals surface area contributed by atoms with Crippen LogP contribution in [0, 0.1) is 0 Å². The van der Waals surface area contributed by atoms with Crippen molar-refractivity contribution in [3.05, 3.63) is 18.2 Å². The molecule has 1 aliphatic rings. The Morgan fingerprint density at radius 3 is 2.39 bits per heavy atom. The zero-order chi connectivity index (χ0) is 23.7. The first-order chi connectivity index (χ1) is 16.1. The highest BCUT2D eigenvalue weighted by Gasteiger charge is 2.26. The molecule has 7 heteroatoms. The number of nitrogens with one attached hydrogen (secondary N) is 3. The molecular weight excluding hydrogens is 414 g/mol. The van der Waals surface area contributed by atoms with Crippen LogP contribution in [0.1, 0.15) is 115 Å². The smallest absolute Gasteiger partial charge is 0.237 e. The van der Waals surface area contributed by atoms with Crippen LogP contribution in [-0.2, 0) is 16.6 Å². The van der Waals surface area contributed by atoms with Crippen molar-refractivity contribution >= 4 is 11.8 Å². The molecule has 2 amide bonds. The lowest BCUT2D eigenvalue weighted by Gasteiger charge is -2.21. The Morgan fingerprint density at radius 1 is 1.09 bits per heavy atom. The summed E-state index contributed by atoms with van der Waals surface area (Å²) in [6, 6.07) is -0.285. The van der Waals surface area contributed by atoms with Crippen molar-refractivity contribution in [3.63, 3.8) is 0 Å². The normalized spacial score (nSPS) is 16.6. The predicted molar refractivity (Wildman–Crippen MR) is 134 cm³/mol. The van der Waals surface area contributed by atoms with Gasteiger partial charge in [-0.3, -0.25) is 9.59 Å². The maximum Gasteiger partial charge on any atom is 0.237 e. The lowest BCUT2D eigenvalue weighted by atomic mass is 10.1. The van der Waals surface area contributed by atoms with E-state index in [9.17, 15) is 9.59 Å². The maximum atomic E-state index is 12.6. The van der Waals surface area contributed by atoms with E-state index in [4.69, 9.17) is 0 Å². The molecule has 0 aliphatic carbocycles. The van der Waals surface area contributed by atoms with Crippen LogP contribution < -0.4 is 16.0 Å². The van der Waals surface area contributed by atoms with Crippen LogP contribution >= 0.6 is 0 Å². The zero-order valence-corrected chi connectivity index (χ0v) is 21.0. The molecule has 0 bridgehead atoms. The van der Waals surface area contributed by atoms with Gasteiger partial charge in [0, 0.05) is 32.4 Å². The van der Waals surface area contributed by atoms with Crippen LogP contribution in [0.4, 0.5) is 0 Å². The van der Waals surface area contributed by atoms with E-state index in [1.807, 2.05) is 17.8 Å². The standard InChI is InChI=1S/C26H47N5O2/c1-3-4-5-6-7-8-9-10-11-12-18-28-24(32)17-13-15-22(25-29-20-21-31(25)2)30-26(33)23-16-14-19-27-23/h20-23,27H,3-19H2,1-2H3,(H,28,32)(H,30,33). The molecule has 0 aromatic carbocycles. The number of nitrogens with zero attached hydrogens (tertiary/aromatic N) is 2. The number of rotatable bonds is 18. The molecule has 0 spiro atoms. The molecule has 2 unspecified atom stereocenters. The largest absolute Gasteiger partial charge is 0.356 e. The number of aryl methyl sites for hydroxylation is 1. The Hall–Kier alpha value is -1.89. The number of aromatic nitrogens is 2. The number of amides is 2. The average Bonchev–Trinajstić information content (AvgIpc) is 3.49. The lowest BCUT2D eigenvalue weighted by molar-refractivity contribution is -0.123. The highest BCUT2D eigenvalue weighted by molar-refractivity contribution is 5.82. The quantitative estimate of drug-likeness (QED) is 0.280. The summed E-state index contributed by atoms with van der Waals surface area (Å²) in [6.45, 7) is 3.92. The minimum atomic E-state index is -0.172. The molecule has 0 saturated carbocycles. The molecule has 2 rings (SSSR count). The molecule has 7 nitrogen and oxygen atoms in total. The molecule has 1 aromatic rings. The molecule has 1 aliphatic heterocycles. The van der Waals surface area contributed by atoms with Gasteiger partial charge in [0.2, 0.25) is 11.8 Å². The lowest BCUT2D eigenvalue weighted by Crippen LogP contribution is -2.42. The molecule has 2 atom stereocenters. The topological polar surface area (TPSA) is 88.1 Å². The van der Waals surface area contributed by atoms with Crippen molar-refractivity contribution in [2.75, 3.05) is 13.1 Å². The minimum absolute atomic E-state index is 0.0333. The number of imidazole rings is 1. The molecule has 1 aromatic heterocycles. The zero-order valence-electron chi connectivity index (χ0n) is 21.0. The summed E-state index contributed by atoms with van der Waals surface area (Å²) < 4.78 is 1.94. The minimum Gasteiger partial charge on any atom is -0.356 e. The van der Waals surface area contributed by atoms with Gasteiger partial charge in [-0.15, -0.1) is 0 Å². The van der Waals surface area contributed by atoms with Gasteiger partial charge in [-0.05, 0) is 38.6 Å². The predicted octanol–water partition coefficient (Wildman–Crippen LogP) is 4.54. The van der Waals surface area contributed by atoms with Crippen molar-refractivity contribution in [3.8, 4) is 0 Å². The van der Waals surface area contributed by atoms with Crippen LogP contribution in [0.15, 0.2) is 12.4 Å². The van der Waals surface area contributed by atoms with E-state index in [0.717, 1.165) is 44.6 Å². The van der Waals surface area contributed by atoms with Crippen LogP contribution in [0.5, 0.6) is 0 Å². The first-order valence-corrected chi connectivity index (χ1v) is 13.4. The summed E-state index contributed by atoms with van der Waals surface area (Å²) in [5.74, 6) is 0.978. The second kappa shape index (κ2) is 16.7. The number of hydrogen-bond donors (Lipinski definition) is 3. The molecule has 33 heavy (non-hydrogen) atoms. The third-order valence-corrected chi connectivity index (χ3v) is 6.61. The number of unbranched alkanes of at least 4 members (excludes halogenated alkanes) is 9. The fraction of sp³-hybridized carbons (Fsp3) is 0.808. The fourth-order valence-electron chi connectivity index (χ4n) is 4.55. The van der Waals surface area contributed by atoms with Crippen molar-refractivity contribution < 1.29 is 9.59 Å². The van der Waals surface area contributed by atoms with E-state index in [-0.39, 0.29) is 23.9 Å². The van der Waals surface area contributed by atoms with E-state index in [0.29, 0.717) is 12.8 Å². The summed E-state index contributed by atoms with van der Waals surface area (Å²) in [6.07, 6.45) is 20.5. The van der Waals surface area contributed by atoms with Gasteiger partial charge < -0.3 is 20.5 Å². The molecular formula is C26H47N5O2. The Bertz CT molecular complexity index is 669. The Kier molecular flexibility index (Phi) is 13.8. The van der Waals surface area contributed by atoms with Crippen molar-refractivity contribution in [1.29, 1.82) is 0 Å². The van der Waals surface area contributed by atoms with Crippen LogP contribution in [0.3, 0.4) is 0 Å². The van der Waals surface area contributed by atoms with Crippen LogP contribution in [-0.4, -0.2) is 40.5 Å². The molecule has 0 radical (unpaired) electrons. The van der Waals surface area contributed by atoms with Crippen molar-refractivity contribution in [2.24, 2.45) is 7.05 Å². The SMILES string of the molecule is CCCCCCCCCCCCNC(=O)CCCC(NC(=O)C1CCCN1)c1nccn1C. The van der Waals surface area contributed by atoms with E-state index >= 15 is 0 Å². The third kappa shape index (κ3) is 11.2. The van der Waals surface area contributed by atoms with Gasteiger partial charge in [0.15, 0.2) is 0 Å². The second-order valence-corrected chi connectivity index (χ2v) is 9.53.